The maximum atomic E-state index is 12.3. The summed E-state index contributed by atoms with van der Waals surface area (Å²) in [6.45, 7) is 0.337. The summed E-state index contributed by atoms with van der Waals surface area (Å²) in [5, 5.41) is 10.6. The van der Waals surface area contributed by atoms with Crippen LogP contribution in [0.4, 0.5) is 0 Å². The lowest BCUT2D eigenvalue weighted by atomic mass is 10.1. The molecule has 1 unspecified atom stereocenters. The SMILES string of the molecule is COc1cccc(C(O)C(=O)N(C)Cc2ccc(Cl)nc2)c1. The maximum absolute atomic E-state index is 12.3. The average Bonchev–Trinajstić information content (AvgIpc) is 2.55. The molecule has 0 saturated heterocycles. The van der Waals surface area contributed by atoms with E-state index in [0.717, 1.165) is 5.56 Å². The van der Waals surface area contributed by atoms with Gasteiger partial charge in [-0.05, 0) is 29.3 Å². The Morgan fingerprint density at radius 2 is 2.18 bits per heavy atom. The number of pyridine rings is 1. The molecule has 0 aliphatic rings. The Labute approximate surface area is 134 Å². The van der Waals surface area contributed by atoms with Gasteiger partial charge in [0.2, 0.25) is 0 Å². The van der Waals surface area contributed by atoms with Crippen molar-refractivity contribution in [3.8, 4) is 5.75 Å². The summed E-state index contributed by atoms with van der Waals surface area (Å²) in [5.41, 5.74) is 1.32. The van der Waals surface area contributed by atoms with E-state index in [9.17, 15) is 9.90 Å². The number of hydrogen-bond acceptors (Lipinski definition) is 4. The zero-order chi connectivity index (χ0) is 16.1. The molecule has 0 saturated carbocycles. The molecule has 0 bridgehead atoms. The highest BCUT2D eigenvalue weighted by Gasteiger charge is 2.21. The fourth-order valence-corrected chi connectivity index (χ4v) is 2.13. The normalized spacial score (nSPS) is 11.8. The predicted molar refractivity (Wildman–Crippen MR) is 83.7 cm³/mol. The Morgan fingerprint density at radius 3 is 2.82 bits per heavy atom. The molecule has 0 fully saturated rings. The first kappa shape index (κ1) is 16.3. The van der Waals surface area contributed by atoms with Crippen LogP contribution >= 0.6 is 11.6 Å². The van der Waals surface area contributed by atoms with Crippen LogP contribution in [0.1, 0.15) is 17.2 Å². The number of aliphatic hydroxyl groups is 1. The topological polar surface area (TPSA) is 62.7 Å². The lowest BCUT2D eigenvalue weighted by molar-refractivity contribution is -0.139. The molecule has 1 atom stereocenters. The number of hydrogen-bond donors (Lipinski definition) is 1. The number of benzene rings is 1. The number of halogens is 1. The van der Waals surface area contributed by atoms with Gasteiger partial charge in [0.25, 0.3) is 5.91 Å². The Hall–Kier alpha value is -2.11. The van der Waals surface area contributed by atoms with Crippen LogP contribution in [-0.2, 0) is 11.3 Å². The number of amides is 1. The largest absolute Gasteiger partial charge is 0.497 e. The zero-order valence-electron chi connectivity index (χ0n) is 12.4. The molecule has 1 aromatic carbocycles. The lowest BCUT2D eigenvalue weighted by Crippen LogP contribution is -2.31. The summed E-state index contributed by atoms with van der Waals surface area (Å²) in [6, 6.07) is 10.3. The van der Waals surface area contributed by atoms with E-state index in [2.05, 4.69) is 4.98 Å². The summed E-state index contributed by atoms with van der Waals surface area (Å²) < 4.78 is 5.10. The summed E-state index contributed by atoms with van der Waals surface area (Å²) in [7, 11) is 3.16. The van der Waals surface area contributed by atoms with Crippen molar-refractivity contribution in [2.24, 2.45) is 0 Å². The van der Waals surface area contributed by atoms with E-state index in [1.807, 2.05) is 0 Å². The maximum Gasteiger partial charge on any atom is 0.256 e. The molecular weight excluding hydrogens is 304 g/mol. The molecule has 6 heteroatoms. The molecule has 5 nitrogen and oxygen atoms in total. The first-order valence-corrected chi connectivity index (χ1v) is 7.06. The molecular formula is C16H17ClN2O3. The third-order valence-corrected chi connectivity index (χ3v) is 3.45. The number of carbonyl (C=O) groups is 1. The number of aromatic nitrogens is 1. The molecule has 0 radical (unpaired) electrons. The number of methoxy groups -OCH3 is 1. The van der Waals surface area contributed by atoms with E-state index >= 15 is 0 Å². The first-order valence-electron chi connectivity index (χ1n) is 6.68. The minimum Gasteiger partial charge on any atom is -0.497 e. The van der Waals surface area contributed by atoms with Crippen LogP contribution in [0.3, 0.4) is 0 Å². The minimum atomic E-state index is -1.24. The standard InChI is InChI=1S/C16H17ClN2O3/c1-19(10-11-6-7-14(17)18-9-11)16(21)15(20)12-4-3-5-13(8-12)22-2/h3-9,15,20H,10H2,1-2H3. The molecule has 0 aliphatic heterocycles. The molecule has 116 valence electrons. The Kier molecular flexibility index (Phi) is 5.35. The Bertz CT molecular complexity index is 646. The van der Waals surface area contributed by atoms with Gasteiger partial charge < -0.3 is 14.7 Å². The number of likely N-dealkylation sites (N-methyl/N-ethyl adjacent to an activating group) is 1. The van der Waals surface area contributed by atoms with Gasteiger partial charge in [-0.3, -0.25) is 4.79 Å². The predicted octanol–water partition coefficient (Wildman–Crippen LogP) is 2.44. The van der Waals surface area contributed by atoms with Gasteiger partial charge in [0, 0.05) is 19.8 Å². The van der Waals surface area contributed by atoms with Gasteiger partial charge in [0.1, 0.15) is 10.9 Å². The van der Waals surface area contributed by atoms with Gasteiger partial charge in [-0.2, -0.15) is 0 Å². The Morgan fingerprint density at radius 1 is 1.41 bits per heavy atom. The first-order chi connectivity index (χ1) is 10.5. The van der Waals surface area contributed by atoms with Crippen LogP contribution in [-0.4, -0.2) is 35.1 Å². The Balaban J connectivity index is 2.07. The second-order valence-corrected chi connectivity index (χ2v) is 5.25. The third kappa shape index (κ3) is 3.96. The quantitative estimate of drug-likeness (QED) is 0.860. The van der Waals surface area contributed by atoms with Crippen LogP contribution in [0.25, 0.3) is 0 Å². The molecule has 2 rings (SSSR count). The highest BCUT2D eigenvalue weighted by Crippen LogP contribution is 2.21. The van der Waals surface area contributed by atoms with Crippen molar-refractivity contribution in [1.82, 2.24) is 9.88 Å². The van der Waals surface area contributed by atoms with E-state index in [-0.39, 0.29) is 0 Å². The van der Waals surface area contributed by atoms with Crippen molar-refractivity contribution in [2.75, 3.05) is 14.2 Å². The van der Waals surface area contributed by atoms with Crippen LogP contribution < -0.4 is 4.74 Å². The van der Waals surface area contributed by atoms with Crippen LogP contribution in [0.2, 0.25) is 5.15 Å². The van der Waals surface area contributed by atoms with E-state index in [0.29, 0.717) is 23.0 Å². The highest BCUT2D eigenvalue weighted by atomic mass is 35.5. The van der Waals surface area contributed by atoms with E-state index in [1.165, 1.54) is 12.0 Å². The van der Waals surface area contributed by atoms with Crippen molar-refractivity contribution >= 4 is 17.5 Å². The molecule has 0 aliphatic carbocycles. The van der Waals surface area contributed by atoms with Gasteiger partial charge >= 0.3 is 0 Å². The molecule has 0 spiro atoms. The van der Waals surface area contributed by atoms with Gasteiger partial charge in [-0.1, -0.05) is 29.8 Å². The monoisotopic (exact) mass is 320 g/mol. The molecule has 2 aromatic rings. The van der Waals surface area contributed by atoms with Crippen molar-refractivity contribution in [1.29, 1.82) is 0 Å². The van der Waals surface area contributed by atoms with Gasteiger partial charge in [-0.15, -0.1) is 0 Å². The molecule has 1 heterocycles. The molecule has 22 heavy (non-hydrogen) atoms. The van der Waals surface area contributed by atoms with Crippen molar-refractivity contribution in [2.45, 2.75) is 12.6 Å². The number of rotatable bonds is 5. The fourth-order valence-electron chi connectivity index (χ4n) is 2.01. The summed E-state index contributed by atoms with van der Waals surface area (Å²) in [6.07, 6.45) is 0.365. The van der Waals surface area contributed by atoms with Crippen molar-refractivity contribution in [3.05, 3.63) is 58.9 Å². The van der Waals surface area contributed by atoms with Gasteiger partial charge in [0.05, 0.1) is 7.11 Å². The van der Waals surface area contributed by atoms with Crippen molar-refractivity contribution in [3.63, 3.8) is 0 Å². The summed E-state index contributed by atoms with van der Waals surface area (Å²) in [4.78, 5) is 17.7. The highest BCUT2D eigenvalue weighted by molar-refractivity contribution is 6.29. The number of carbonyl (C=O) groups excluding carboxylic acids is 1. The van der Waals surface area contributed by atoms with Crippen LogP contribution in [0, 0.1) is 0 Å². The molecule has 1 aromatic heterocycles. The second-order valence-electron chi connectivity index (χ2n) is 4.86. The van der Waals surface area contributed by atoms with Crippen molar-refractivity contribution < 1.29 is 14.6 Å². The average molecular weight is 321 g/mol. The van der Waals surface area contributed by atoms with Gasteiger partial charge in [0.15, 0.2) is 6.10 Å². The smallest absolute Gasteiger partial charge is 0.256 e. The van der Waals surface area contributed by atoms with Crippen LogP contribution in [0.5, 0.6) is 5.75 Å². The lowest BCUT2D eigenvalue weighted by Gasteiger charge is -2.21. The minimum absolute atomic E-state index is 0.337. The molecule has 1 N–H and O–H groups in total. The van der Waals surface area contributed by atoms with E-state index in [1.54, 1.807) is 49.6 Å². The summed E-state index contributed by atoms with van der Waals surface area (Å²) >= 11 is 5.73. The number of nitrogens with zero attached hydrogens (tertiary/aromatic N) is 2. The van der Waals surface area contributed by atoms with Gasteiger partial charge in [-0.25, -0.2) is 4.98 Å². The number of ether oxygens (including phenoxy) is 1. The van der Waals surface area contributed by atoms with Crippen LogP contribution in [0.15, 0.2) is 42.6 Å². The van der Waals surface area contributed by atoms with E-state index in [4.69, 9.17) is 16.3 Å². The molecule has 1 amide bonds. The van der Waals surface area contributed by atoms with E-state index < -0.39 is 12.0 Å². The summed E-state index contributed by atoms with van der Waals surface area (Å²) in [5.74, 6) is 0.192. The zero-order valence-corrected chi connectivity index (χ0v) is 13.1. The number of aliphatic hydroxyl groups excluding tert-OH is 1. The third-order valence-electron chi connectivity index (χ3n) is 3.23. The second kappa shape index (κ2) is 7.24. The fraction of sp³-hybridized carbons (Fsp3) is 0.250.